The molecule has 0 aliphatic rings. The Bertz CT molecular complexity index is 596. The lowest BCUT2D eigenvalue weighted by molar-refractivity contribution is 0.143. The smallest absolute Gasteiger partial charge is 0.0959 e. The second-order valence-corrected chi connectivity index (χ2v) is 6.61. The van der Waals surface area contributed by atoms with Crippen LogP contribution in [0.4, 0.5) is 0 Å². The number of aliphatic hydroxyl groups excluding tert-OH is 1. The number of hydrogen-bond acceptors (Lipinski definition) is 3. The number of aromatic nitrogens is 2. The molecule has 1 atom stereocenters. The number of nitrogens with zero attached hydrogens (tertiary/aromatic N) is 2. The SMILES string of the molecule is Cc1cc2ncn(CC(O)CNC(C)(C)C)c2cc1C. The Kier molecular flexibility index (Phi) is 4.16. The van der Waals surface area contributed by atoms with Crippen molar-refractivity contribution in [2.45, 2.75) is 52.8 Å². The summed E-state index contributed by atoms with van der Waals surface area (Å²) >= 11 is 0. The van der Waals surface area contributed by atoms with Gasteiger partial charge in [0.1, 0.15) is 0 Å². The molecule has 4 heteroatoms. The summed E-state index contributed by atoms with van der Waals surface area (Å²) in [7, 11) is 0. The normalized spacial score (nSPS) is 13.9. The van der Waals surface area contributed by atoms with E-state index in [0.29, 0.717) is 13.1 Å². The molecule has 0 radical (unpaired) electrons. The molecule has 0 saturated heterocycles. The molecule has 2 rings (SSSR count). The van der Waals surface area contributed by atoms with Crippen LogP contribution in [0.2, 0.25) is 0 Å². The summed E-state index contributed by atoms with van der Waals surface area (Å²) in [6, 6.07) is 4.24. The second kappa shape index (κ2) is 5.54. The van der Waals surface area contributed by atoms with E-state index in [1.807, 2.05) is 10.9 Å². The quantitative estimate of drug-likeness (QED) is 0.901. The maximum Gasteiger partial charge on any atom is 0.0959 e. The molecule has 0 saturated carbocycles. The van der Waals surface area contributed by atoms with E-state index in [1.165, 1.54) is 11.1 Å². The number of benzene rings is 1. The fourth-order valence-electron chi connectivity index (χ4n) is 2.17. The minimum atomic E-state index is -0.423. The van der Waals surface area contributed by atoms with Crippen LogP contribution in [-0.2, 0) is 6.54 Å². The van der Waals surface area contributed by atoms with Gasteiger partial charge in [0.25, 0.3) is 0 Å². The summed E-state index contributed by atoms with van der Waals surface area (Å²) in [5, 5.41) is 13.5. The Hall–Kier alpha value is -1.39. The van der Waals surface area contributed by atoms with E-state index in [2.05, 4.69) is 57.1 Å². The third kappa shape index (κ3) is 3.58. The van der Waals surface area contributed by atoms with Crippen molar-refractivity contribution >= 4 is 11.0 Å². The van der Waals surface area contributed by atoms with E-state index in [0.717, 1.165) is 11.0 Å². The van der Waals surface area contributed by atoms with Gasteiger partial charge in [-0.1, -0.05) is 0 Å². The molecule has 20 heavy (non-hydrogen) atoms. The molecule has 0 bridgehead atoms. The maximum atomic E-state index is 10.2. The molecule has 4 nitrogen and oxygen atoms in total. The van der Waals surface area contributed by atoms with Gasteiger partial charge in [-0.2, -0.15) is 0 Å². The molecule has 0 spiro atoms. The molecule has 1 aromatic carbocycles. The molecular weight excluding hydrogens is 250 g/mol. The van der Waals surface area contributed by atoms with E-state index < -0.39 is 6.10 Å². The minimum Gasteiger partial charge on any atom is -0.390 e. The number of rotatable bonds is 4. The van der Waals surface area contributed by atoms with Gasteiger partial charge >= 0.3 is 0 Å². The average Bonchev–Trinajstić information content (AvgIpc) is 2.69. The Balaban J connectivity index is 2.12. The van der Waals surface area contributed by atoms with E-state index in [-0.39, 0.29) is 5.54 Å². The molecule has 110 valence electrons. The van der Waals surface area contributed by atoms with Gasteiger partial charge in [-0.05, 0) is 57.9 Å². The summed E-state index contributed by atoms with van der Waals surface area (Å²) < 4.78 is 2.02. The molecule has 0 aliphatic carbocycles. The molecule has 0 fully saturated rings. The van der Waals surface area contributed by atoms with Crippen molar-refractivity contribution in [3.63, 3.8) is 0 Å². The molecule has 0 amide bonds. The average molecular weight is 275 g/mol. The molecular formula is C16H25N3O. The first-order valence-corrected chi connectivity index (χ1v) is 7.11. The number of nitrogens with one attached hydrogen (secondary N) is 1. The van der Waals surface area contributed by atoms with Crippen LogP contribution < -0.4 is 5.32 Å². The molecule has 1 unspecified atom stereocenters. The lowest BCUT2D eigenvalue weighted by atomic mass is 10.1. The predicted molar refractivity (Wildman–Crippen MR) is 83.0 cm³/mol. The van der Waals surface area contributed by atoms with Crippen LogP contribution in [0.1, 0.15) is 31.9 Å². The third-order valence-corrected chi connectivity index (χ3v) is 3.51. The molecule has 0 aliphatic heterocycles. The zero-order valence-electron chi connectivity index (χ0n) is 13.1. The summed E-state index contributed by atoms with van der Waals surface area (Å²) in [6.45, 7) is 11.6. The highest BCUT2D eigenvalue weighted by atomic mass is 16.3. The van der Waals surface area contributed by atoms with Gasteiger partial charge in [0.05, 0.1) is 30.0 Å². The standard InChI is InChI=1S/C16H25N3O/c1-11-6-14-15(7-12(11)2)19(10-17-14)9-13(20)8-18-16(3,4)5/h6-7,10,13,18,20H,8-9H2,1-5H3. The highest BCUT2D eigenvalue weighted by Gasteiger charge is 2.14. The van der Waals surface area contributed by atoms with Crippen molar-refractivity contribution < 1.29 is 5.11 Å². The van der Waals surface area contributed by atoms with E-state index in [9.17, 15) is 5.11 Å². The molecule has 1 aromatic heterocycles. The molecule has 1 heterocycles. The number of aryl methyl sites for hydroxylation is 2. The summed E-state index contributed by atoms with van der Waals surface area (Å²) in [5.41, 5.74) is 4.59. The van der Waals surface area contributed by atoms with Crippen molar-refractivity contribution in [1.29, 1.82) is 0 Å². The second-order valence-electron chi connectivity index (χ2n) is 6.61. The number of hydrogen-bond donors (Lipinski definition) is 2. The fraction of sp³-hybridized carbons (Fsp3) is 0.562. The van der Waals surface area contributed by atoms with Gasteiger partial charge < -0.3 is 15.0 Å². The first-order valence-electron chi connectivity index (χ1n) is 7.11. The van der Waals surface area contributed by atoms with E-state index in [4.69, 9.17) is 0 Å². The van der Waals surface area contributed by atoms with Crippen LogP contribution in [0.3, 0.4) is 0 Å². The van der Waals surface area contributed by atoms with Crippen LogP contribution >= 0.6 is 0 Å². The summed E-state index contributed by atoms with van der Waals surface area (Å²) in [6.07, 6.45) is 1.39. The van der Waals surface area contributed by atoms with Crippen LogP contribution in [-0.4, -0.2) is 32.8 Å². The van der Waals surface area contributed by atoms with Crippen molar-refractivity contribution in [1.82, 2.24) is 14.9 Å². The Morgan fingerprint density at radius 2 is 1.90 bits per heavy atom. The zero-order valence-corrected chi connectivity index (χ0v) is 13.1. The lowest BCUT2D eigenvalue weighted by Gasteiger charge is -2.23. The number of imidazole rings is 1. The minimum absolute atomic E-state index is 0.0195. The largest absolute Gasteiger partial charge is 0.390 e. The van der Waals surface area contributed by atoms with E-state index >= 15 is 0 Å². The summed E-state index contributed by atoms with van der Waals surface area (Å²) in [5.74, 6) is 0. The molecule has 2 aromatic rings. The topological polar surface area (TPSA) is 50.1 Å². The van der Waals surface area contributed by atoms with Crippen molar-refractivity contribution in [3.8, 4) is 0 Å². The van der Waals surface area contributed by atoms with Gasteiger partial charge in [-0.3, -0.25) is 0 Å². The van der Waals surface area contributed by atoms with Crippen LogP contribution in [0, 0.1) is 13.8 Å². The van der Waals surface area contributed by atoms with Gasteiger partial charge in [0.15, 0.2) is 0 Å². The van der Waals surface area contributed by atoms with Gasteiger partial charge in [0, 0.05) is 12.1 Å². The Labute approximate surface area is 120 Å². The first-order chi connectivity index (χ1) is 9.26. The Morgan fingerprint density at radius 3 is 2.55 bits per heavy atom. The van der Waals surface area contributed by atoms with Gasteiger partial charge in [-0.25, -0.2) is 4.98 Å². The van der Waals surface area contributed by atoms with Gasteiger partial charge in [0.2, 0.25) is 0 Å². The summed E-state index contributed by atoms with van der Waals surface area (Å²) in [4.78, 5) is 4.41. The monoisotopic (exact) mass is 275 g/mol. The van der Waals surface area contributed by atoms with Crippen LogP contribution in [0.15, 0.2) is 18.5 Å². The third-order valence-electron chi connectivity index (χ3n) is 3.51. The number of aliphatic hydroxyl groups is 1. The van der Waals surface area contributed by atoms with Crippen molar-refractivity contribution in [2.75, 3.05) is 6.54 Å². The number of β-amino-alcohol motifs (C(OH)–C–C–N with tert-alkyl or cyclic N) is 1. The zero-order chi connectivity index (χ0) is 14.9. The Morgan fingerprint density at radius 1 is 1.25 bits per heavy atom. The maximum absolute atomic E-state index is 10.2. The van der Waals surface area contributed by atoms with Crippen molar-refractivity contribution in [2.24, 2.45) is 0 Å². The van der Waals surface area contributed by atoms with E-state index in [1.54, 1.807) is 0 Å². The highest BCUT2D eigenvalue weighted by Crippen LogP contribution is 2.18. The predicted octanol–water partition coefficient (Wildman–Crippen LogP) is 2.40. The first kappa shape index (κ1) is 15.0. The van der Waals surface area contributed by atoms with Gasteiger partial charge in [-0.15, -0.1) is 0 Å². The van der Waals surface area contributed by atoms with Crippen molar-refractivity contribution in [3.05, 3.63) is 29.6 Å². The van der Waals surface area contributed by atoms with Crippen LogP contribution in [0.5, 0.6) is 0 Å². The van der Waals surface area contributed by atoms with Crippen LogP contribution in [0.25, 0.3) is 11.0 Å². The lowest BCUT2D eigenvalue weighted by Crippen LogP contribution is -2.41. The molecule has 2 N–H and O–H groups in total. The highest BCUT2D eigenvalue weighted by molar-refractivity contribution is 5.77. The number of fused-ring (bicyclic) bond motifs is 1. The fourth-order valence-corrected chi connectivity index (χ4v) is 2.17.